The van der Waals surface area contributed by atoms with Crippen molar-refractivity contribution in [3.8, 4) is 0 Å². The van der Waals surface area contributed by atoms with Crippen LogP contribution >= 0.6 is 11.8 Å². The number of carbonyl (C=O) groups is 2. The fourth-order valence-electron chi connectivity index (χ4n) is 2.49. The summed E-state index contributed by atoms with van der Waals surface area (Å²) >= 11 is 1.66. The number of rotatable bonds is 4. The zero-order valence-corrected chi connectivity index (χ0v) is 13.1. The number of thioether (sulfide) groups is 1. The van der Waals surface area contributed by atoms with Crippen molar-refractivity contribution in [1.82, 2.24) is 9.80 Å². The molecule has 0 unspecified atom stereocenters. The first-order chi connectivity index (χ1) is 10.0. The Morgan fingerprint density at radius 3 is 2.67 bits per heavy atom. The molecule has 0 bridgehead atoms. The summed E-state index contributed by atoms with van der Waals surface area (Å²) in [5, 5.41) is 9.42. The molecule has 0 saturated heterocycles. The van der Waals surface area contributed by atoms with Crippen LogP contribution in [0.25, 0.3) is 0 Å². The van der Waals surface area contributed by atoms with Gasteiger partial charge in [-0.3, -0.25) is 0 Å². The molecule has 1 aliphatic heterocycles. The molecule has 0 aromatic heterocycles. The molecule has 2 rings (SSSR count). The zero-order chi connectivity index (χ0) is 15.4. The molecule has 0 fully saturated rings. The van der Waals surface area contributed by atoms with Crippen LogP contribution in [0.4, 0.5) is 4.79 Å². The van der Waals surface area contributed by atoms with Crippen molar-refractivity contribution in [2.24, 2.45) is 0 Å². The van der Waals surface area contributed by atoms with Gasteiger partial charge in [-0.15, -0.1) is 0 Å². The fourth-order valence-corrected chi connectivity index (χ4v) is 2.94. The number of fused-ring (bicyclic) bond motifs is 1. The second kappa shape index (κ2) is 6.85. The molecule has 5 nitrogen and oxygen atoms in total. The zero-order valence-electron chi connectivity index (χ0n) is 12.3. The van der Waals surface area contributed by atoms with E-state index < -0.39 is 12.0 Å². The first kappa shape index (κ1) is 15.7. The summed E-state index contributed by atoms with van der Waals surface area (Å²) in [4.78, 5) is 27.1. The highest BCUT2D eigenvalue weighted by Gasteiger charge is 2.35. The number of nitrogens with zero attached hydrogens (tertiary/aromatic N) is 2. The molecule has 1 aromatic rings. The number of benzene rings is 1. The van der Waals surface area contributed by atoms with Gasteiger partial charge in [-0.2, -0.15) is 11.8 Å². The molecule has 0 aliphatic carbocycles. The van der Waals surface area contributed by atoms with E-state index in [1.807, 2.05) is 30.5 Å². The molecule has 1 heterocycles. The molecule has 0 saturated carbocycles. The van der Waals surface area contributed by atoms with Gasteiger partial charge >= 0.3 is 12.0 Å². The number of hydrogen-bond donors (Lipinski definition) is 1. The van der Waals surface area contributed by atoms with Gasteiger partial charge in [0.15, 0.2) is 0 Å². The summed E-state index contributed by atoms with van der Waals surface area (Å²) in [6.45, 7) is 0.972. The van der Waals surface area contributed by atoms with Crippen LogP contribution in [0.15, 0.2) is 24.3 Å². The van der Waals surface area contributed by atoms with E-state index in [-0.39, 0.29) is 6.03 Å². The van der Waals surface area contributed by atoms with Crippen LogP contribution in [0.3, 0.4) is 0 Å². The maximum Gasteiger partial charge on any atom is 0.326 e. The number of amides is 2. The van der Waals surface area contributed by atoms with Gasteiger partial charge in [-0.25, -0.2) is 9.59 Å². The van der Waals surface area contributed by atoms with Gasteiger partial charge < -0.3 is 14.9 Å². The lowest BCUT2D eigenvalue weighted by molar-refractivity contribution is -0.142. The molecule has 1 atom stereocenters. The lowest BCUT2D eigenvalue weighted by atomic mass is 9.94. The average Bonchev–Trinajstić information content (AvgIpc) is 2.50. The van der Waals surface area contributed by atoms with Gasteiger partial charge in [-0.1, -0.05) is 24.3 Å². The van der Waals surface area contributed by atoms with E-state index in [2.05, 4.69) is 0 Å². The van der Waals surface area contributed by atoms with E-state index in [4.69, 9.17) is 0 Å². The van der Waals surface area contributed by atoms with Crippen molar-refractivity contribution in [1.29, 1.82) is 0 Å². The third-order valence-corrected chi connectivity index (χ3v) is 4.33. The highest BCUT2D eigenvalue weighted by atomic mass is 32.2. The number of urea groups is 1. The van der Waals surface area contributed by atoms with Crippen LogP contribution in [0, 0.1) is 0 Å². The van der Waals surface area contributed by atoms with E-state index in [1.165, 1.54) is 4.90 Å². The highest BCUT2D eigenvalue weighted by molar-refractivity contribution is 7.98. The van der Waals surface area contributed by atoms with Crippen LogP contribution < -0.4 is 0 Å². The SMILES string of the molecule is CSCCN(C)C(=O)N1Cc2ccccc2C[C@@H]1C(=O)O. The molecule has 2 amide bonds. The highest BCUT2D eigenvalue weighted by Crippen LogP contribution is 2.24. The smallest absolute Gasteiger partial charge is 0.326 e. The standard InChI is InChI=1S/C15H20N2O3S/c1-16(7-8-21-2)15(20)17-10-12-6-4-3-5-11(12)9-13(17)14(18)19/h3-6,13H,7-10H2,1-2H3,(H,18,19)/t13-/m1/s1. The summed E-state index contributed by atoms with van der Waals surface area (Å²) in [6, 6.07) is 6.70. The topological polar surface area (TPSA) is 60.9 Å². The molecular formula is C15H20N2O3S. The monoisotopic (exact) mass is 308 g/mol. The Bertz CT molecular complexity index is 535. The lowest BCUT2D eigenvalue weighted by Crippen LogP contribution is -2.52. The van der Waals surface area contributed by atoms with Gasteiger partial charge in [0.1, 0.15) is 6.04 Å². The Hall–Kier alpha value is -1.69. The Balaban J connectivity index is 2.20. The lowest BCUT2D eigenvalue weighted by Gasteiger charge is -2.36. The van der Waals surface area contributed by atoms with Crippen LogP contribution in [0.5, 0.6) is 0 Å². The van der Waals surface area contributed by atoms with Crippen molar-refractivity contribution in [3.63, 3.8) is 0 Å². The predicted molar refractivity (Wildman–Crippen MR) is 83.5 cm³/mol. The van der Waals surface area contributed by atoms with Crippen LogP contribution in [0.1, 0.15) is 11.1 Å². The van der Waals surface area contributed by atoms with E-state index in [0.29, 0.717) is 19.5 Å². The molecule has 114 valence electrons. The number of carbonyl (C=O) groups excluding carboxylic acids is 1. The van der Waals surface area contributed by atoms with Gasteiger partial charge in [-0.05, 0) is 17.4 Å². The van der Waals surface area contributed by atoms with Crippen molar-refractivity contribution in [3.05, 3.63) is 35.4 Å². The Kier molecular flexibility index (Phi) is 5.12. The summed E-state index contributed by atoms with van der Waals surface area (Å²) in [5.74, 6) is -0.110. The van der Waals surface area contributed by atoms with Gasteiger partial charge in [0.05, 0.1) is 0 Å². The van der Waals surface area contributed by atoms with Crippen molar-refractivity contribution in [2.45, 2.75) is 19.0 Å². The van der Waals surface area contributed by atoms with Gasteiger partial charge in [0.25, 0.3) is 0 Å². The number of hydrogen-bond acceptors (Lipinski definition) is 3. The molecule has 1 aliphatic rings. The number of carboxylic acid groups (broad SMARTS) is 1. The summed E-state index contributed by atoms with van der Waals surface area (Å²) < 4.78 is 0. The fraction of sp³-hybridized carbons (Fsp3) is 0.467. The minimum absolute atomic E-state index is 0.217. The average molecular weight is 308 g/mol. The Morgan fingerprint density at radius 1 is 1.38 bits per heavy atom. The van der Waals surface area contributed by atoms with E-state index in [9.17, 15) is 14.7 Å². The normalized spacial score (nSPS) is 17.2. The number of aliphatic carboxylic acids is 1. The largest absolute Gasteiger partial charge is 0.480 e. The second-order valence-electron chi connectivity index (χ2n) is 5.15. The summed E-state index contributed by atoms with van der Waals surface area (Å²) in [7, 11) is 1.72. The van der Waals surface area contributed by atoms with Crippen molar-refractivity contribution >= 4 is 23.8 Å². The van der Waals surface area contributed by atoms with Crippen LogP contribution in [0.2, 0.25) is 0 Å². The number of carboxylic acids is 1. The maximum absolute atomic E-state index is 12.5. The molecular weight excluding hydrogens is 288 g/mol. The van der Waals surface area contributed by atoms with E-state index in [1.54, 1.807) is 23.7 Å². The van der Waals surface area contributed by atoms with Crippen LogP contribution in [-0.4, -0.2) is 58.5 Å². The third kappa shape index (κ3) is 3.50. The Labute approximate surface area is 128 Å². The summed E-state index contributed by atoms with van der Waals surface area (Å²) in [5.41, 5.74) is 2.04. The molecule has 1 N–H and O–H groups in total. The Morgan fingerprint density at radius 2 is 2.05 bits per heavy atom. The quantitative estimate of drug-likeness (QED) is 0.923. The second-order valence-corrected chi connectivity index (χ2v) is 6.14. The van der Waals surface area contributed by atoms with E-state index in [0.717, 1.165) is 16.9 Å². The third-order valence-electron chi connectivity index (χ3n) is 3.74. The van der Waals surface area contributed by atoms with E-state index >= 15 is 0 Å². The predicted octanol–water partition coefficient (Wildman–Crippen LogP) is 1.91. The first-order valence-electron chi connectivity index (χ1n) is 6.85. The molecule has 0 radical (unpaired) electrons. The molecule has 21 heavy (non-hydrogen) atoms. The minimum Gasteiger partial charge on any atom is -0.480 e. The van der Waals surface area contributed by atoms with Crippen molar-refractivity contribution < 1.29 is 14.7 Å². The maximum atomic E-state index is 12.5. The first-order valence-corrected chi connectivity index (χ1v) is 8.24. The molecule has 1 aromatic carbocycles. The summed E-state index contributed by atoms with van der Waals surface area (Å²) in [6.07, 6.45) is 2.35. The van der Waals surface area contributed by atoms with Gasteiger partial charge in [0.2, 0.25) is 0 Å². The minimum atomic E-state index is -0.948. The van der Waals surface area contributed by atoms with Crippen LogP contribution in [-0.2, 0) is 17.8 Å². The molecule has 0 spiro atoms. The molecule has 6 heteroatoms. The van der Waals surface area contributed by atoms with Crippen molar-refractivity contribution in [2.75, 3.05) is 25.6 Å². The van der Waals surface area contributed by atoms with Gasteiger partial charge in [0, 0.05) is 32.3 Å².